The van der Waals surface area contributed by atoms with Crippen LogP contribution < -0.4 is 0 Å². The van der Waals surface area contributed by atoms with E-state index in [1.807, 2.05) is 0 Å². The van der Waals surface area contributed by atoms with Gasteiger partial charge in [0.2, 0.25) is 21.2 Å². The minimum atomic E-state index is -3.68. The van der Waals surface area contributed by atoms with Crippen LogP contribution in [0.3, 0.4) is 0 Å². The maximum atomic E-state index is 11.9. The molecule has 0 bridgehead atoms. The van der Waals surface area contributed by atoms with Crippen molar-refractivity contribution in [2.24, 2.45) is 5.16 Å². The molecule has 1 unspecified atom stereocenters. The lowest BCUT2D eigenvalue weighted by Gasteiger charge is -2.21. The van der Waals surface area contributed by atoms with E-state index in [4.69, 9.17) is 0 Å². The molecule has 19 heavy (non-hydrogen) atoms. The Morgan fingerprint density at radius 3 is 2.37 bits per heavy atom. The zero-order chi connectivity index (χ0) is 15.2. The Kier molecular flexibility index (Phi) is 7.55. The summed E-state index contributed by atoms with van der Waals surface area (Å²) in [6.45, 7) is 3.11. The van der Waals surface area contributed by atoms with E-state index in [0.717, 1.165) is 13.3 Å². The van der Waals surface area contributed by atoms with Gasteiger partial charge in [-0.3, -0.25) is 4.84 Å². The number of sulfonamides is 1. The van der Waals surface area contributed by atoms with Gasteiger partial charge < -0.3 is 0 Å². The number of carbonyl (C=O) groups excluding carboxylic acids is 1. The highest BCUT2D eigenvalue weighted by atomic mass is 32.3. The third kappa shape index (κ3) is 5.89. The molecule has 112 valence electrons. The fourth-order valence-electron chi connectivity index (χ4n) is 0.859. The average Bonchev–Trinajstić information content (AvgIpc) is 2.33. The monoisotopic (exact) mass is 331 g/mol. The normalized spacial score (nSPS) is 14.3. The van der Waals surface area contributed by atoms with Crippen LogP contribution in [0.4, 0.5) is 4.79 Å². The van der Waals surface area contributed by atoms with E-state index >= 15 is 0 Å². The first-order valence-electron chi connectivity index (χ1n) is 5.08. The van der Waals surface area contributed by atoms with Crippen LogP contribution in [0.15, 0.2) is 5.16 Å². The Balaban J connectivity index is 4.87. The number of thioether (sulfide) groups is 1. The van der Waals surface area contributed by atoms with Crippen molar-refractivity contribution < 1.29 is 22.3 Å². The van der Waals surface area contributed by atoms with Gasteiger partial charge in [0.05, 0.1) is 6.26 Å². The zero-order valence-corrected chi connectivity index (χ0v) is 13.8. The zero-order valence-electron chi connectivity index (χ0n) is 11.3. The molecule has 1 atom stereocenters. The molecule has 0 heterocycles. The van der Waals surface area contributed by atoms with E-state index in [0.29, 0.717) is 13.1 Å². The molecule has 0 aliphatic heterocycles. The number of carbonyl (C=O) groups is 1. The van der Waals surface area contributed by atoms with Gasteiger partial charge in [-0.2, -0.15) is 0 Å². The van der Waals surface area contributed by atoms with Gasteiger partial charge in [-0.1, -0.05) is 12.1 Å². The minimum Gasteiger partial charge on any atom is -0.296 e. The second-order valence-corrected chi connectivity index (χ2v) is 7.87. The van der Waals surface area contributed by atoms with Gasteiger partial charge in [0.15, 0.2) is 0 Å². The quantitative estimate of drug-likeness (QED) is 0.317. The van der Waals surface area contributed by atoms with Crippen LogP contribution in [0, 0.1) is 0 Å². The summed E-state index contributed by atoms with van der Waals surface area (Å²) in [5.74, 6) is 0. The van der Waals surface area contributed by atoms with Crippen LogP contribution in [0.25, 0.3) is 0 Å². The summed E-state index contributed by atoms with van der Waals surface area (Å²) < 4.78 is 36.0. The third-order valence-corrected chi connectivity index (χ3v) is 5.92. The maximum absolute atomic E-state index is 11.9. The van der Waals surface area contributed by atoms with E-state index in [1.165, 1.54) is 18.7 Å². The Morgan fingerprint density at radius 1 is 1.47 bits per heavy atom. The number of oxime groups is 1. The summed E-state index contributed by atoms with van der Waals surface area (Å²) in [6.07, 6.45) is 1.65. The predicted octanol–water partition coefficient (Wildman–Crippen LogP) is 0.611. The topological polar surface area (TPSA) is 96.3 Å². The van der Waals surface area contributed by atoms with Crippen LogP contribution in [0.5, 0.6) is 0 Å². The van der Waals surface area contributed by atoms with Gasteiger partial charge in [0, 0.05) is 13.6 Å². The van der Waals surface area contributed by atoms with Gasteiger partial charge in [0.1, 0.15) is 5.04 Å². The lowest BCUT2D eigenvalue weighted by molar-refractivity contribution is 0.135. The van der Waals surface area contributed by atoms with Gasteiger partial charge in [-0.25, -0.2) is 21.7 Å². The molecule has 0 aliphatic carbocycles. The number of amides is 1. The smallest absolute Gasteiger partial charge is 0.296 e. The second-order valence-electron chi connectivity index (χ2n) is 3.28. The Bertz CT molecular complexity index is 476. The molecular formula is C8H17N3O5S3. The first-order valence-corrected chi connectivity index (χ1v) is 9.21. The Labute approximate surface area is 119 Å². The van der Waals surface area contributed by atoms with Crippen molar-refractivity contribution in [3.63, 3.8) is 0 Å². The van der Waals surface area contributed by atoms with E-state index in [1.54, 1.807) is 13.2 Å². The average molecular weight is 331 g/mol. The molecule has 8 nitrogen and oxygen atoms in total. The second kappa shape index (κ2) is 7.82. The Morgan fingerprint density at radius 2 is 2.00 bits per heavy atom. The molecule has 0 N–H and O–H groups in total. The number of hydrogen-bond donors (Lipinski definition) is 0. The molecule has 0 aromatic rings. The lowest BCUT2D eigenvalue weighted by atomic mass is 10.8. The summed E-state index contributed by atoms with van der Waals surface area (Å²) >= 11 is -0.917. The molecule has 0 aromatic carbocycles. The summed E-state index contributed by atoms with van der Waals surface area (Å²) in [5.41, 5.74) is 0. The molecule has 0 saturated carbocycles. The summed E-state index contributed by atoms with van der Waals surface area (Å²) in [7, 11) is -2.52. The van der Waals surface area contributed by atoms with Crippen molar-refractivity contribution in [2.75, 3.05) is 26.1 Å². The molecule has 0 aromatic heterocycles. The van der Waals surface area contributed by atoms with Crippen molar-refractivity contribution in [2.45, 2.75) is 13.8 Å². The molecule has 11 heteroatoms. The fourth-order valence-corrected chi connectivity index (χ4v) is 3.32. The van der Waals surface area contributed by atoms with E-state index in [-0.39, 0.29) is 6.54 Å². The van der Waals surface area contributed by atoms with Crippen LogP contribution in [-0.2, 0) is 26.0 Å². The Hall–Kier alpha value is -0.650. The van der Waals surface area contributed by atoms with Crippen molar-refractivity contribution in [3.8, 4) is 0 Å². The molecule has 0 saturated heterocycles. The van der Waals surface area contributed by atoms with Crippen molar-refractivity contribution in [3.05, 3.63) is 0 Å². The molecule has 0 fully saturated rings. The predicted molar refractivity (Wildman–Crippen MR) is 76.2 cm³/mol. The summed E-state index contributed by atoms with van der Waals surface area (Å²) in [5, 5.41) is 3.98. The lowest BCUT2D eigenvalue weighted by Crippen LogP contribution is -2.42. The molecular weight excluding hydrogens is 314 g/mol. The van der Waals surface area contributed by atoms with Gasteiger partial charge in [0.25, 0.3) is 0 Å². The highest BCUT2D eigenvalue weighted by Gasteiger charge is 2.29. The highest BCUT2D eigenvalue weighted by Crippen LogP contribution is 2.08. The van der Waals surface area contributed by atoms with Crippen LogP contribution in [0.2, 0.25) is 0 Å². The van der Waals surface area contributed by atoms with Crippen LogP contribution in [-0.4, -0.2) is 57.9 Å². The van der Waals surface area contributed by atoms with Crippen LogP contribution >= 0.6 is 11.8 Å². The SMILES string of the molecule is CCN(S(=O)N(C)C(=O)O/N=C(\C)SC)S(C)(=O)=O. The van der Waals surface area contributed by atoms with E-state index < -0.39 is 27.3 Å². The standard InChI is InChI=1S/C8H17N3O5S3/c1-6-11(19(5,14)15)18(13)10(3)8(12)16-9-7(2)17-4/h6H2,1-5H3/b9-7+. The molecule has 1 amide bonds. The minimum absolute atomic E-state index is 0.0316. The summed E-state index contributed by atoms with van der Waals surface area (Å²) in [6, 6.07) is 0. The maximum Gasteiger partial charge on any atom is 0.448 e. The van der Waals surface area contributed by atoms with Gasteiger partial charge in [-0.05, 0) is 13.2 Å². The highest BCUT2D eigenvalue weighted by molar-refractivity contribution is 8.13. The van der Waals surface area contributed by atoms with E-state index in [2.05, 4.69) is 9.99 Å². The van der Waals surface area contributed by atoms with Crippen molar-refractivity contribution in [1.82, 2.24) is 8.02 Å². The van der Waals surface area contributed by atoms with Gasteiger partial charge in [-0.15, -0.1) is 15.5 Å². The largest absolute Gasteiger partial charge is 0.448 e. The first kappa shape index (κ1) is 18.4. The first-order chi connectivity index (χ1) is 8.65. The molecule has 0 spiro atoms. The third-order valence-electron chi connectivity index (χ3n) is 1.84. The fraction of sp³-hybridized carbons (Fsp3) is 0.750. The van der Waals surface area contributed by atoms with Crippen molar-refractivity contribution >= 4 is 44.1 Å². The number of hydrogen-bond acceptors (Lipinski definition) is 7. The van der Waals surface area contributed by atoms with Gasteiger partial charge >= 0.3 is 6.09 Å². The molecule has 0 aliphatic rings. The van der Waals surface area contributed by atoms with E-state index in [9.17, 15) is 17.4 Å². The summed E-state index contributed by atoms with van der Waals surface area (Å²) in [4.78, 5) is 16.0. The van der Waals surface area contributed by atoms with Crippen molar-refractivity contribution in [1.29, 1.82) is 0 Å². The number of rotatable bonds is 5. The number of nitrogens with zero attached hydrogens (tertiary/aromatic N) is 3. The molecule has 0 rings (SSSR count). The molecule has 0 radical (unpaired) electrons. The van der Waals surface area contributed by atoms with Crippen LogP contribution in [0.1, 0.15) is 13.8 Å².